The molecule has 0 radical (unpaired) electrons. The van der Waals surface area contributed by atoms with Crippen LogP contribution in [0.2, 0.25) is 15.1 Å². The Morgan fingerprint density at radius 2 is 1.72 bits per heavy atom. The molecular formula is C19H20Cl3N5O2. The summed E-state index contributed by atoms with van der Waals surface area (Å²) in [5, 5.41) is 14.3. The van der Waals surface area contributed by atoms with Crippen LogP contribution in [-0.4, -0.2) is 72.0 Å². The first-order chi connectivity index (χ1) is 13.8. The zero-order valence-corrected chi connectivity index (χ0v) is 18.2. The SMILES string of the molecule is CN(C)C(=O)c1cnc(N2CCN(/C(=N/O)c3c(Cl)cccc3Cl)CC2)c(Cl)c1. The van der Waals surface area contributed by atoms with Gasteiger partial charge in [0.25, 0.3) is 5.91 Å². The fourth-order valence-corrected chi connectivity index (χ4v) is 4.00. The normalized spacial score (nSPS) is 14.9. The first kappa shape index (κ1) is 21.5. The maximum atomic E-state index is 12.1. The maximum absolute atomic E-state index is 12.1. The minimum absolute atomic E-state index is 0.156. The van der Waals surface area contributed by atoms with Crippen LogP contribution in [0.5, 0.6) is 0 Å². The molecule has 0 spiro atoms. The summed E-state index contributed by atoms with van der Waals surface area (Å²) >= 11 is 18.9. The number of amides is 1. The summed E-state index contributed by atoms with van der Waals surface area (Å²) in [6.07, 6.45) is 1.53. The van der Waals surface area contributed by atoms with Gasteiger partial charge in [0.2, 0.25) is 0 Å². The van der Waals surface area contributed by atoms with E-state index >= 15 is 0 Å². The lowest BCUT2D eigenvalue weighted by molar-refractivity contribution is 0.0827. The van der Waals surface area contributed by atoms with Crippen molar-refractivity contribution in [2.45, 2.75) is 0 Å². The predicted octanol–water partition coefficient (Wildman–Crippen LogP) is 3.70. The smallest absolute Gasteiger partial charge is 0.254 e. The third kappa shape index (κ3) is 4.52. The molecule has 1 saturated heterocycles. The standard InChI is InChI=1S/C19H20Cl3N5O2/c1-25(2)19(28)12-10-15(22)17(23-11-12)26-6-8-27(9-7-26)18(24-29)16-13(20)4-3-5-14(16)21/h3-5,10-11,29H,6-9H2,1-2H3/b24-18+. The lowest BCUT2D eigenvalue weighted by Crippen LogP contribution is -2.49. The maximum Gasteiger partial charge on any atom is 0.254 e. The van der Waals surface area contributed by atoms with Crippen LogP contribution in [0.25, 0.3) is 0 Å². The van der Waals surface area contributed by atoms with Crippen molar-refractivity contribution in [2.75, 3.05) is 45.2 Å². The number of nitrogens with zero attached hydrogens (tertiary/aromatic N) is 5. The van der Waals surface area contributed by atoms with Gasteiger partial charge >= 0.3 is 0 Å². The summed E-state index contributed by atoms with van der Waals surface area (Å²) in [4.78, 5) is 21.9. The molecule has 1 aliphatic rings. The molecule has 0 unspecified atom stereocenters. The average Bonchev–Trinajstić information content (AvgIpc) is 2.70. The number of amidine groups is 1. The third-order valence-corrected chi connectivity index (χ3v) is 5.54. The topological polar surface area (TPSA) is 72.3 Å². The number of oxime groups is 1. The molecule has 3 rings (SSSR count). The zero-order valence-electron chi connectivity index (χ0n) is 15.9. The second kappa shape index (κ2) is 9.07. The molecule has 1 fully saturated rings. The van der Waals surface area contributed by atoms with Crippen LogP contribution in [-0.2, 0) is 0 Å². The summed E-state index contributed by atoms with van der Waals surface area (Å²) in [5.41, 5.74) is 0.930. The van der Waals surface area contributed by atoms with E-state index in [-0.39, 0.29) is 5.91 Å². The Morgan fingerprint density at radius 3 is 2.24 bits per heavy atom. The molecule has 1 N–H and O–H groups in total. The van der Waals surface area contributed by atoms with Gasteiger partial charge in [0.05, 0.1) is 26.2 Å². The highest BCUT2D eigenvalue weighted by Gasteiger charge is 2.26. The van der Waals surface area contributed by atoms with Gasteiger partial charge in [-0.25, -0.2) is 4.98 Å². The van der Waals surface area contributed by atoms with Crippen LogP contribution < -0.4 is 4.90 Å². The number of piperazine rings is 1. The molecule has 1 aromatic heterocycles. The van der Waals surface area contributed by atoms with E-state index in [9.17, 15) is 10.0 Å². The average molecular weight is 457 g/mol. The van der Waals surface area contributed by atoms with Crippen molar-refractivity contribution in [3.05, 3.63) is 56.7 Å². The number of carbonyl (C=O) groups is 1. The number of anilines is 1. The Hall–Kier alpha value is -2.22. The molecular weight excluding hydrogens is 437 g/mol. The summed E-state index contributed by atoms with van der Waals surface area (Å²) in [5.74, 6) is 0.780. The molecule has 10 heteroatoms. The number of aromatic nitrogens is 1. The van der Waals surface area contributed by atoms with Gasteiger partial charge in [0, 0.05) is 46.5 Å². The first-order valence-electron chi connectivity index (χ1n) is 8.87. The Balaban J connectivity index is 1.74. The fraction of sp³-hybridized carbons (Fsp3) is 0.316. The Labute approximate surface area is 184 Å². The molecule has 1 amide bonds. The molecule has 7 nitrogen and oxygen atoms in total. The molecule has 0 aliphatic carbocycles. The second-order valence-corrected chi connectivity index (χ2v) is 7.94. The molecule has 1 aliphatic heterocycles. The van der Waals surface area contributed by atoms with Crippen molar-refractivity contribution in [3.8, 4) is 0 Å². The molecule has 1 aromatic carbocycles. The van der Waals surface area contributed by atoms with E-state index < -0.39 is 0 Å². The second-order valence-electron chi connectivity index (χ2n) is 6.72. The molecule has 2 aromatic rings. The number of hydrogen-bond donors (Lipinski definition) is 1. The van der Waals surface area contributed by atoms with E-state index in [4.69, 9.17) is 34.8 Å². The van der Waals surface area contributed by atoms with Crippen molar-refractivity contribution in [3.63, 3.8) is 0 Å². The first-order valence-corrected chi connectivity index (χ1v) is 10.0. The highest BCUT2D eigenvalue weighted by Crippen LogP contribution is 2.29. The van der Waals surface area contributed by atoms with Gasteiger partial charge < -0.3 is 19.9 Å². The van der Waals surface area contributed by atoms with Crippen LogP contribution in [0, 0.1) is 0 Å². The van der Waals surface area contributed by atoms with E-state index in [0.717, 1.165) is 0 Å². The Bertz CT molecular complexity index is 923. The third-order valence-electron chi connectivity index (χ3n) is 4.63. The van der Waals surface area contributed by atoms with Crippen LogP contribution in [0.15, 0.2) is 35.6 Å². The van der Waals surface area contributed by atoms with Crippen LogP contribution in [0.1, 0.15) is 15.9 Å². The molecule has 0 bridgehead atoms. The van der Waals surface area contributed by atoms with Gasteiger partial charge in [0.1, 0.15) is 5.82 Å². The minimum Gasteiger partial charge on any atom is -0.409 e. The monoisotopic (exact) mass is 455 g/mol. The van der Waals surface area contributed by atoms with E-state index in [1.807, 2.05) is 9.80 Å². The number of pyridine rings is 1. The van der Waals surface area contributed by atoms with Crippen molar-refractivity contribution >= 4 is 52.4 Å². The van der Waals surface area contributed by atoms with Crippen LogP contribution >= 0.6 is 34.8 Å². The van der Waals surface area contributed by atoms with Crippen molar-refractivity contribution < 1.29 is 10.0 Å². The summed E-state index contributed by atoms with van der Waals surface area (Å²) in [7, 11) is 3.35. The minimum atomic E-state index is -0.156. The Kier molecular flexibility index (Phi) is 6.72. The van der Waals surface area contributed by atoms with Gasteiger partial charge in [-0.05, 0) is 18.2 Å². The molecule has 0 atom stereocenters. The fourth-order valence-electron chi connectivity index (χ4n) is 3.15. The number of hydrogen-bond acceptors (Lipinski definition) is 5. The lowest BCUT2D eigenvalue weighted by atomic mass is 10.1. The van der Waals surface area contributed by atoms with Crippen molar-refractivity contribution in [2.24, 2.45) is 5.16 Å². The van der Waals surface area contributed by atoms with E-state index in [2.05, 4.69) is 10.1 Å². The van der Waals surface area contributed by atoms with E-state index in [1.165, 1.54) is 11.1 Å². The highest BCUT2D eigenvalue weighted by atomic mass is 35.5. The number of benzene rings is 1. The lowest BCUT2D eigenvalue weighted by Gasteiger charge is -2.37. The number of rotatable bonds is 3. The molecule has 2 heterocycles. The van der Waals surface area contributed by atoms with Crippen LogP contribution in [0.4, 0.5) is 5.82 Å². The van der Waals surface area contributed by atoms with Crippen LogP contribution in [0.3, 0.4) is 0 Å². The quantitative estimate of drug-likeness (QED) is 0.330. The van der Waals surface area contributed by atoms with Gasteiger partial charge in [-0.3, -0.25) is 4.79 Å². The number of halogens is 3. The van der Waals surface area contributed by atoms with Gasteiger partial charge in [-0.1, -0.05) is 46.0 Å². The Morgan fingerprint density at radius 1 is 1.10 bits per heavy atom. The van der Waals surface area contributed by atoms with Gasteiger partial charge in [-0.2, -0.15) is 0 Å². The molecule has 0 saturated carbocycles. The summed E-state index contributed by atoms with van der Waals surface area (Å²) in [6, 6.07) is 6.76. The van der Waals surface area contributed by atoms with E-state index in [1.54, 1.807) is 38.4 Å². The highest BCUT2D eigenvalue weighted by molar-refractivity contribution is 6.40. The largest absolute Gasteiger partial charge is 0.409 e. The predicted molar refractivity (Wildman–Crippen MR) is 116 cm³/mol. The van der Waals surface area contributed by atoms with Gasteiger partial charge in [0.15, 0.2) is 5.84 Å². The summed E-state index contributed by atoms with van der Waals surface area (Å²) in [6.45, 7) is 2.29. The molecule has 154 valence electrons. The zero-order chi connectivity index (χ0) is 21.1. The summed E-state index contributed by atoms with van der Waals surface area (Å²) < 4.78 is 0. The molecule has 29 heavy (non-hydrogen) atoms. The van der Waals surface area contributed by atoms with E-state index in [0.29, 0.717) is 64.0 Å². The van der Waals surface area contributed by atoms with Gasteiger partial charge in [-0.15, -0.1) is 0 Å². The van der Waals surface area contributed by atoms with Crippen molar-refractivity contribution in [1.29, 1.82) is 0 Å². The van der Waals surface area contributed by atoms with Crippen molar-refractivity contribution in [1.82, 2.24) is 14.8 Å². The number of carbonyl (C=O) groups excluding carboxylic acids is 1.